The number of carbonyl (C=O) groups is 1. The second-order valence-corrected chi connectivity index (χ2v) is 4.29. The molecule has 15 heavy (non-hydrogen) atoms. The van der Waals surface area contributed by atoms with E-state index in [1.165, 1.54) is 17.9 Å². The molecule has 82 valence electrons. The topological polar surface area (TPSA) is 64.0 Å². The molecule has 1 aromatic heterocycles. The quantitative estimate of drug-likeness (QED) is 0.639. The van der Waals surface area contributed by atoms with Gasteiger partial charge in [0.1, 0.15) is 14.8 Å². The molecule has 0 radical (unpaired) electrons. The van der Waals surface area contributed by atoms with Crippen molar-refractivity contribution in [2.24, 2.45) is 0 Å². The first-order valence-corrected chi connectivity index (χ1v) is 5.58. The Morgan fingerprint density at radius 2 is 2.33 bits per heavy atom. The van der Waals surface area contributed by atoms with Crippen molar-refractivity contribution < 1.29 is 4.79 Å². The lowest BCUT2D eigenvalue weighted by atomic mass is 10.3. The Bertz CT molecular complexity index is 446. The number of aromatic nitrogens is 2. The first-order chi connectivity index (χ1) is 6.99. The average Bonchev–Trinajstić information content (AvgIpc) is 2.24. The van der Waals surface area contributed by atoms with Gasteiger partial charge in [0.2, 0.25) is 5.91 Å². The van der Waals surface area contributed by atoms with Crippen molar-refractivity contribution in [2.45, 2.75) is 13.0 Å². The highest BCUT2D eigenvalue weighted by Crippen LogP contribution is 2.11. The first-order valence-electron chi connectivity index (χ1n) is 4.12. The van der Waals surface area contributed by atoms with Crippen LogP contribution in [0.3, 0.4) is 0 Å². The molecule has 0 saturated heterocycles. The Kier molecular flexibility index (Phi) is 4.09. The van der Waals surface area contributed by atoms with Gasteiger partial charge in [-0.25, -0.2) is 4.98 Å². The van der Waals surface area contributed by atoms with Gasteiger partial charge in [-0.15, -0.1) is 0 Å². The van der Waals surface area contributed by atoms with Crippen molar-refractivity contribution in [3.05, 3.63) is 25.4 Å². The summed E-state index contributed by atoms with van der Waals surface area (Å²) in [6.45, 7) is 1.62. The molecule has 1 aromatic rings. The highest BCUT2D eigenvalue weighted by Gasteiger charge is 2.17. The Balaban J connectivity index is 3.22. The molecule has 0 aliphatic rings. The third kappa shape index (κ3) is 2.49. The number of nitrogens with zero attached hydrogens (tertiary/aromatic N) is 2. The van der Waals surface area contributed by atoms with E-state index in [0.717, 1.165) is 0 Å². The molecule has 1 heterocycles. The lowest BCUT2D eigenvalue weighted by molar-refractivity contribution is -0.123. The minimum atomic E-state index is -0.596. The Morgan fingerprint density at radius 1 is 1.73 bits per heavy atom. The van der Waals surface area contributed by atoms with Crippen LogP contribution in [0.2, 0.25) is 5.15 Å². The molecule has 1 atom stereocenters. The predicted octanol–water partition coefficient (Wildman–Crippen LogP) is 0.808. The van der Waals surface area contributed by atoms with Crippen molar-refractivity contribution in [1.29, 1.82) is 0 Å². The molecule has 0 fully saturated rings. The molecule has 5 nitrogen and oxygen atoms in total. The number of likely N-dealkylation sites (N-methyl/N-ethyl adjacent to an activating group) is 1. The van der Waals surface area contributed by atoms with Crippen LogP contribution < -0.4 is 10.9 Å². The summed E-state index contributed by atoms with van der Waals surface area (Å²) < 4.78 is 1.56. The minimum absolute atomic E-state index is 0.154. The van der Waals surface area contributed by atoms with Crippen LogP contribution in [0, 0.1) is 3.57 Å². The van der Waals surface area contributed by atoms with E-state index in [4.69, 9.17) is 11.6 Å². The van der Waals surface area contributed by atoms with Gasteiger partial charge in [0.15, 0.2) is 0 Å². The van der Waals surface area contributed by atoms with Crippen LogP contribution in [0.15, 0.2) is 11.1 Å². The number of halogens is 2. The fraction of sp³-hybridized carbons (Fsp3) is 0.375. The van der Waals surface area contributed by atoms with Crippen molar-refractivity contribution in [1.82, 2.24) is 14.9 Å². The monoisotopic (exact) mass is 341 g/mol. The molecule has 1 N–H and O–H groups in total. The fourth-order valence-electron chi connectivity index (χ4n) is 1.03. The zero-order chi connectivity index (χ0) is 11.6. The summed E-state index contributed by atoms with van der Waals surface area (Å²) in [5.41, 5.74) is -0.313. The summed E-state index contributed by atoms with van der Waals surface area (Å²) >= 11 is 7.48. The van der Waals surface area contributed by atoms with E-state index in [9.17, 15) is 9.59 Å². The zero-order valence-electron chi connectivity index (χ0n) is 8.12. The van der Waals surface area contributed by atoms with Gasteiger partial charge in [0, 0.05) is 7.05 Å². The second kappa shape index (κ2) is 4.93. The minimum Gasteiger partial charge on any atom is -0.357 e. The van der Waals surface area contributed by atoms with Gasteiger partial charge in [-0.1, -0.05) is 11.6 Å². The number of amides is 1. The molecule has 1 amide bonds. The first kappa shape index (κ1) is 12.4. The van der Waals surface area contributed by atoms with Crippen molar-refractivity contribution in [3.63, 3.8) is 0 Å². The number of carbonyl (C=O) groups excluding carboxylic acids is 1. The summed E-state index contributed by atoms with van der Waals surface area (Å²) in [5, 5.41) is 2.62. The van der Waals surface area contributed by atoms with Gasteiger partial charge >= 0.3 is 0 Å². The maximum absolute atomic E-state index is 11.7. The molecule has 0 aromatic carbocycles. The van der Waals surface area contributed by atoms with Gasteiger partial charge in [-0.05, 0) is 29.5 Å². The average molecular weight is 342 g/mol. The van der Waals surface area contributed by atoms with Crippen LogP contribution in [-0.4, -0.2) is 22.5 Å². The predicted molar refractivity (Wildman–Crippen MR) is 65.0 cm³/mol. The van der Waals surface area contributed by atoms with Crippen molar-refractivity contribution in [3.8, 4) is 0 Å². The van der Waals surface area contributed by atoms with Gasteiger partial charge in [-0.2, -0.15) is 0 Å². The van der Waals surface area contributed by atoms with Crippen LogP contribution >= 0.6 is 34.2 Å². The SMILES string of the molecule is CNC(=O)C(C)n1cnc(Cl)c(I)c1=O. The smallest absolute Gasteiger partial charge is 0.269 e. The van der Waals surface area contributed by atoms with Gasteiger partial charge in [-0.3, -0.25) is 14.2 Å². The molecule has 0 bridgehead atoms. The van der Waals surface area contributed by atoms with E-state index in [1.807, 2.05) is 0 Å². The molecule has 7 heteroatoms. The molecular weight excluding hydrogens is 332 g/mol. The van der Waals surface area contributed by atoms with Crippen LogP contribution in [0.5, 0.6) is 0 Å². The highest BCUT2D eigenvalue weighted by atomic mass is 127. The third-order valence-corrected chi connectivity index (χ3v) is 3.52. The summed E-state index contributed by atoms with van der Waals surface area (Å²) in [7, 11) is 1.51. The summed E-state index contributed by atoms with van der Waals surface area (Å²) in [6, 6.07) is -0.596. The number of rotatable bonds is 2. The summed E-state index contributed by atoms with van der Waals surface area (Å²) in [6.07, 6.45) is 1.27. The molecule has 0 saturated carbocycles. The van der Waals surface area contributed by atoms with E-state index in [-0.39, 0.29) is 16.6 Å². The Hall–Kier alpha value is -0.630. The molecule has 0 spiro atoms. The zero-order valence-corrected chi connectivity index (χ0v) is 11.0. The third-order valence-electron chi connectivity index (χ3n) is 1.94. The van der Waals surface area contributed by atoms with E-state index in [1.54, 1.807) is 29.5 Å². The van der Waals surface area contributed by atoms with Crippen LogP contribution in [-0.2, 0) is 4.79 Å². The molecule has 0 aliphatic heterocycles. The fourth-order valence-corrected chi connectivity index (χ4v) is 1.58. The Morgan fingerprint density at radius 3 is 2.87 bits per heavy atom. The lowest BCUT2D eigenvalue weighted by Gasteiger charge is -2.13. The van der Waals surface area contributed by atoms with E-state index >= 15 is 0 Å². The number of nitrogens with one attached hydrogen (secondary N) is 1. The summed E-state index contributed by atoms with van der Waals surface area (Å²) in [4.78, 5) is 26.8. The largest absolute Gasteiger partial charge is 0.357 e. The van der Waals surface area contributed by atoms with E-state index in [0.29, 0.717) is 3.57 Å². The standard InChI is InChI=1S/C8H9ClIN3O2/c1-4(7(14)11-2)13-3-12-6(9)5(10)8(13)15/h3-4H,1-2H3,(H,11,14). The molecule has 1 rings (SSSR count). The maximum Gasteiger partial charge on any atom is 0.269 e. The molecule has 0 aliphatic carbocycles. The number of hydrogen-bond donors (Lipinski definition) is 1. The highest BCUT2D eigenvalue weighted by molar-refractivity contribution is 14.1. The Labute approximate surface area is 105 Å². The van der Waals surface area contributed by atoms with Gasteiger partial charge in [0.05, 0.1) is 6.33 Å². The van der Waals surface area contributed by atoms with Gasteiger partial charge < -0.3 is 5.32 Å². The van der Waals surface area contributed by atoms with E-state index in [2.05, 4.69) is 10.3 Å². The molecular formula is C8H9ClIN3O2. The summed E-state index contributed by atoms with van der Waals surface area (Å²) in [5.74, 6) is -0.253. The lowest BCUT2D eigenvalue weighted by Crippen LogP contribution is -2.35. The molecule has 1 unspecified atom stereocenters. The van der Waals surface area contributed by atoms with Crippen molar-refractivity contribution >= 4 is 40.1 Å². The normalized spacial score (nSPS) is 12.3. The maximum atomic E-state index is 11.7. The van der Waals surface area contributed by atoms with Crippen LogP contribution in [0.4, 0.5) is 0 Å². The number of hydrogen-bond acceptors (Lipinski definition) is 3. The van der Waals surface area contributed by atoms with Crippen molar-refractivity contribution in [2.75, 3.05) is 7.05 Å². The van der Waals surface area contributed by atoms with Crippen LogP contribution in [0.1, 0.15) is 13.0 Å². The van der Waals surface area contributed by atoms with E-state index < -0.39 is 6.04 Å². The van der Waals surface area contributed by atoms with Gasteiger partial charge in [0.25, 0.3) is 5.56 Å². The van der Waals surface area contributed by atoms with Crippen LogP contribution in [0.25, 0.3) is 0 Å². The second-order valence-electron chi connectivity index (χ2n) is 2.85.